The zero-order valence-electron chi connectivity index (χ0n) is 8.61. The first-order chi connectivity index (χ1) is 7.11. The zero-order valence-corrected chi connectivity index (χ0v) is 8.61. The summed E-state index contributed by atoms with van der Waals surface area (Å²) >= 11 is 0. The van der Waals surface area contributed by atoms with Gasteiger partial charge < -0.3 is 5.11 Å². The maximum atomic E-state index is 10.9. The molecule has 0 bridgehead atoms. The third-order valence-electron chi connectivity index (χ3n) is 2.76. The molecule has 1 aromatic carbocycles. The molecule has 0 aliphatic carbocycles. The van der Waals surface area contributed by atoms with Gasteiger partial charge in [-0.2, -0.15) is 5.10 Å². The highest BCUT2D eigenvalue weighted by Crippen LogP contribution is 2.25. The average molecular weight is 204 g/mol. The second-order valence-electron chi connectivity index (χ2n) is 3.67. The Balaban J connectivity index is 2.62. The van der Waals surface area contributed by atoms with Crippen LogP contribution in [0.2, 0.25) is 0 Å². The topological polar surface area (TPSA) is 66.0 Å². The van der Waals surface area contributed by atoms with E-state index in [1.165, 1.54) is 0 Å². The van der Waals surface area contributed by atoms with Crippen LogP contribution in [0.25, 0.3) is 10.9 Å². The van der Waals surface area contributed by atoms with Crippen molar-refractivity contribution in [3.05, 3.63) is 29.5 Å². The van der Waals surface area contributed by atoms with Crippen molar-refractivity contribution >= 4 is 16.9 Å². The van der Waals surface area contributed by atoms with Crippen LogP contribution >= 0.6 is 0 Å². The summed E-state index contributed by atoms with van der Waals surface area (Å²) in [5.74, 6) is -1.30. The number of fused-ring (bicyclic) bond motifs is 1. The Morgan fingerprint density at radius 2 is 2.27 bits per heavy atom. The van der Waals surface area contributed by atoms with E-state index < -0.39 is 11.9 Å². The molecule has 1 atom stereocenters. The molecule has 0 fully saturated rings. The summed E-state index contributed by atoms with van der Waals surface area (Å²) in [4.78, 5) is 10.9. The van der Waals surface area contributed by atoms with E-state index in [-0.39, 0.29) is 0 Å². The lowest BCUT2D eigenvalue weighted by molar-refractivity contribution is -0.138. The SMILES string of the molecule is Cc1c(C(C)C(=O)O)ccc2cn[nH]c12. The standard InChI is InChI=1S/C11H12N2O2/c1-6-9(7(2)11(14)15)4-3-8-5-12-13-10(6)8/h3-5,7H,1-2H3,(H,12,13)(H,14,15). The zero-order chi connectivity index (χ0) is 11.0. The monoisotopic (exact) mass is 204 g/mol. The quantitative estimate of drug-likeness (QED) is 0.786. The second kappa shape index (κ2) is 3.38. The van der Waals surface area contributed by atoms with E-state index in [4.69, 9.17) is 5.11 Å². The Labute approximate surface area is 86.9 Å². The third kappa shape index (κ3) is 1.48. The molecule has 4 heteroatoms. The number of carbonyl (C=O) groups is 1. The predicted octanol–water partition coefficient (Wildman–Crippen LogP) is 2.06. The predicted molar refractivity (Wildman–Crippen MR) is 56.9 cm³/mol. The van der Waals surface area contributed by atoms with Crippen molar-refractivity contribution in [3.8, 4) is 0 Å². The average Bonchev–Trinajstić information content (AvgIpc) is 2.66. The van der Waals surface area contributed by atoms with Gasteiger partial charge in [-0.15, -0.1) is 0 Å². The molecule has 1 heterocycles. The highest BCUT2D eigenvalue weighted by molar-refractivity contribution is 5.85. The first-order valence-electron chi connectivity index (χ1n) is 4.76. The maximum absolute atomic E-state index is 10.9. The lowest BCUT2D eigenvalue weighted by Crippen LogP contribution is -2.08. The van der Waals surface area contributed by atoms with E-state index in [0.29, 0.717) is 0 Å². The molecule has 1 unspecified atom stereocenters. The molecular formula is C11H12N2O2. The number of rotatable bonds is 2. The Hall–Kier alpha value is -1.84. The van der Waals surface area contributed by atoms with Crippen LogP contribution in [0, 0.1) is 6.92 Å². The first kappa shape index (κ1) is 9.71. The number of benzene rings is 1. The molecule has 2 rings (SSSR count). The van der Waals surface area contributed by atoms with Gasteiger partial charge in [0.1, 0.15) is 0 Å². The Kier molecular flexibility index (Phi) is 2.19. The molecule has 0 aliphatic rings. The Morgan fingerprint density at radius 1 is 1.53 bits per heavy atom. The van der Waals surface area contributed by atoms with E-state index in [2.05, 4.69) is 10.2 Å². The fourth-order valence-electron chi connectivity index (χ4n) is 1.77. The molecule has 78 valence electrons. The minimum absolute atomic E-state index is 0.488. The van der Waals surface area contributed by atoms with Crippen molar-refractivity contribution in [1.82, 2.24) is 10.2 Å². The molecule has 0 saturated carbocycles. The summed E-state index contributed by atoms with van der Waals surface area (Å²) in [6.45, 7) is 3.60. The number of aromatic amines is 1. The maximum Gasteiger partial charge on any atom is 0.310 e. The molecular weight excluding hydrogens is 192 g/mol. The summed E-state index contributed by atoms with van der Waals surface area (Å²) in [6, 6.07) is 3.74. The fraction of sp³-hybridized carbons (Fsp3) is 0.273. The van der Waals surface area contributed by atoms with E-state index in [1.807, 2.05) is 19.1 Å². The molecule has 1 aromatic heterocycles. The number of hydrogen-bond acceptors (Lipinski definition) is 2. The third-order valence-corrected chi connectivity index (χ3v) is 2.76. The molecule has 2 N–H and O–H groups in total. The van der Waals surface area contributed by atoms with Crippen LogP contribution in [-0.4, -0.2) is 21.3 Å². The van der Waals surface area contributed by atoms with Gasteiger partial charge in [0.25, 0.3) is 0 Å². The number of nitrogens with zero attached hydrogens (tertiary/aromatic N) is 1. The van der Waals surface area contributed by atoms with Gasteiger partial charge >= 0.3 is 5.97 Å². The summed E-state index contributed by atoms with van der Waals surface area (Å²) in [6.07, 6.45) is 1.73. The molecule has 2 aromatic rings. The van der Waals surface area contributed by atoms with Gasteiger partial charge in [0, 0.05) is 5.39 Å². The Bertz CT molecular complexity index is 516. The molecule has 0 saturated heterocycles. The summed E-state index contributed by atoms with van der Waals surface area (Å²) in [5, 5.41) is 16.8. The van der Waals surface area contributed by atoms with Gasteiger partial charge in [-0.05, 0) is 25.0 Å². The highest BCUT2D eigenvalue weighted by Gasteiger charge is 2.17. The number of aliphatic carboxylic acids is 1. The van der Waals surface area contributed by atoms with Crippen molar-refractivity contribution < 1.29 is 9.90 Å². The normalized spacial score (nSPS) is 12.9. The van der Waals surface area contributed by atoms with E-state index in [9.17, 15) is 4.79 Å². The van der Waals surface area contributed by atoms with Crippen LogP contribution in [0.3, 0.4) is 0 Å². The molecule has 0 aliphatic heterocycles. The smallest absolute Gasteiger partial charge is 0.310 e. The van der Waals surface area contributed by atoms with Crippen molar-refractivity contribution in [2.75, 3.05) is 0 Å². The van der Waals surface area contributed by atoms with Crippen LogP contribution in [0.4, 0.5) is 0 Å². The van der Waals surface area contributed by atoms with Crippen LogP contribution in [-0.2, 0) is 4.79 Å². The van der Waals surface area contributed by atoms with Crippen LogP contribution in [0.5, 0.6) is 0 Å². The Morgan fingerprint density at radius 3 is 2.93 bits per heavy atom. The van der Waals surface area contributed by atoms with E-state index >= 15 is 0 Å². The van der Waals surface area contributed by atoms with Crippen molar-refractivity contribution in [3.63, 3.8) is 0 Å². The van der Waals surface area contributed by atoms with Crippen molar-refractivity contribution in [2.45, 2.75) is 19.8 Å². The molecule has 0 spiro atoms. The summed E-state index contributed by atoms with van der Waals surface area (Å²) < 4.78 is 0. The van der Waals surface area contributed by atoms with Gasteiger partial charge in [0.2, 0.25) is 0 Å². The number of carboxylic acids is 1. The lowest BCUT2D eigenvalue weighted by Gasteiger charge is -2.10. The molecule has 15 heavy (non-hydrogen) atoms. The number of H-pyrrole nitrogens is 1. The minimum Gasteiger partial charge on any atom is -0.481 e. The van der Waals surface area contributed by atoms with Gasteiger partial charge in [-0.1, -0.05) is 12.1 Å². The van der Waals surface area contributed by atoms with Crippen molar-refractivity contribution in [2.24, 2.45) is 0 Å². The van der Waals surface area contributed by atoms with Crippen LogP contribution in [0.1, 0.15) is 24.0 Å². The van der Waals surface area contributed by atoms with Gasteiger partial charge in [-0.3, -0.25) is 9.89 Å². The lowest BCUT2D eigenvalue weighted by atomic mass is 9.95. The number of nitrogens with one attached hydrogen (secondary N) is 1. The van der Waals surface area contributed by atoms with Crippen LogP contribution in [0.15, 0.2) is 18.3 Å². The first-order valence-corrected chi connectivity index (χ1v) is 4.76. The van der Waals surface area contributed by atoms with Gasteiger partial charge in [0.15, 0.2) is 0 Å². The summed E-state index contributed by atoms with van der Waals surface area (Å²) in [5.41, 5.74) is 2.71. The number of carboxylic acid groups (broad SMARTS) is 1. The molecule has 4 nitrogen and oxygen atoms in total. The largest absolute Gasteiger partial charge is 0.481 e. The number of hydrogen-bond donors (Lipinski definition) is 2. The summed E-state index contributed by atoms with van der Waals surface area (Å²) in [7, 11) is 0. The fourth-order valence-corrected chi connectivity index (χ4v) is 1.77. The minimum atomic E-state index is -0.808. The van der Waals surface area contributed by atoms with Crippen molar-refractivity contribution in [1.29, 1.82) is 0 Å². The molecule has 0 radical (unpaired) electrons. The van der Waals surface area contributed by atoms with E-state index in [0.717, 1.165) is 22.0 Å². The highest BCUT2D eigenvalue weighted by atomic mass is 16.4. The van der Waals surface area contributed by atoms with E-state index in [1.54, 1.807) is 13.1 Å². The van der Waals surface area contributed by atoms with Crippen LogP contribution < -0.4 is 0 Å². The molecule has 0 amide bonds. The van der Waals surface area contributed by atoms with Gasteiger partial charge in [-0.25, -0.2) is 0 Å². The number of aromatic nitrogens is 2. The van der Waals surface area contributed by atoms with Gasteiger partial charge in [0.05, 0.1) is 17.6 Å². The number of aryl methyl sites for hydroxylation is 1. The second-order valence-corrected chi connectivity index (χ2v) is 3.67.